The third kappa shape index (κ3) is 6.09. The summed E-state index contributed by atoms with van der Waals surface area (Å²) >= 11 is 0. The van der Waals surface area contributed by atoms with Crippen molar-refractivity contribution in [3.05, 3.63) is 35.9 Å². The van der Waals surface area contributed by atoms with E-state index in [1.54, 1.807) is 4.90 Å². The summed E-state index contributed by atoms with van der Waals surface area (Å²) in [4.78, 5) is 16.0. The minimum Gasteiger partial charge on any atom is -0.337 e. The number of hydrogen-bond donors (Lipinski definition) is 2. The van der Waals surface area contributed by atoms with Gasteiger partial charge in [-0.15, -0.1) is 0 Å². The Hall–Kier alpha value is -2.26. The second-order valence-corrected chi connectivity index (χ2v) is 6.19. The van der Waals surface area contributed by atoms with Crippen molar-refractivity contribution in [2.45, 2.75) is 32.4 Å². The fraction of sp³-hybridized carbons (Fsp3) is 0.556. The summed E-state index contributed by atoms with van der Waals surface area (Å²) in [5.41, 5.74) is 1.29. The minimum atomic E-state index is -0.143. The Bertz CT molecular complexity index is 542. The minimum absolute atomic E-state index is 0.0701. The zero-order chi connectivity index (χ0) is 17.2. The van der Waals surface area contributed by atoms with E-state index in [1.165, 1.54) is 5.56 Å². The molecule has 6 nitrogen and oxygen atoms in total. The average Bonchev–Trinajstić information content (AvgIpc) is 3.03. The number of hydrogen-bond acceptors (Lipinski definition) is 4. The van der Waals surface area contributed by atoms with Crippen LogP contribution in [0.15, 0.2) is 30.3 Å². The van der Waals surface area contributed by atoms with Crippen LogP contribution in [0.5, 0.6) is 0 Å². The molecule has 2 rings (SSSR count). The van der Waals surface area contributed by atoms with Gasteiger partial charge in [0.15, 0.2) is 6.19 Å². The molecule has 0 aliphatic carbocycles. The summed E-state index contributed by atoms with van der Waals surface area (Å²) in [5.74, 6) is 0. The molecule has 1 fully saturated rings. The number of benzene rings is 1. The van der Waals surface area contributed by atoms with Gasteiger partial charge in [0.05, 0.1) is 6.04 Å². The van der Waals surface area contributed by atoms with Crippen LogP contribution in [0.4, 0.5) is 4.79 Å². The van der Waals surface area contributed by atoms with Gasteiger partial charge in [-0.25, -0.2) is 4.79 Å². The Morgan fingerprint density at radius 2 is 2.17 bits per heavy atom. The lowest BCUT2D eigenvalue weighted by atomic mass is 10.2. The Morgan fingerprint density at radius 3 is 2.83 bits per heavy atom. The molecule has 1 heterocycles. The van der Waals surface area contributed by atoms with Crippen LogP contribution in [-0.2, 0) is 6.54 Å². The van der Waals surface area contributed by atoms with E-state index in [4.69, 9.17) is 5.26 Å². The Morgan fingerprint density at radius 1 is 1.38 bits per heavy atom. The van der Waals surface area contributed by atoms with E-state index in [-0.39, 0.29) is 12.1 Å². The normalized spacial score (nSPS) is 16.9. The number of nitriles is 1. The van der Waals surface area contributed by atoms with E-state index in [9.17, 15) is 4.79 Å². The van der Waals surface area contributed by atoms with Gasteiger partial charge in [-0.1, -0.05) is 37.3 Å². The van der Waals surface area contributed by atoms with Gasteiger partial charge in [0.25, 0.3) is 0 Å². The first-order valence-electron chi connectivity index (χ1n) is 8.66. The number of rotatable bonds is 8. The molecule has 1 aromatic carbocycles. The van der Waals surface area contributed by atoms with E-state index < -0.39 is 0 Å². The van der Waals surface area contributed by atoms with E-state index in [2.05, 4.69) is 52.9 Å². The first kappa shape index (κ1) is 18.1. The molecular formula is C18H27N5O. The van der Waals surface area contributed by atoms with Gasteiger partial charge in [0.2, 0.25) is 0 Å². The predicted molar refractivity (Wildman–Crippen MR) is 94.1 cm³/mol. The molecule has 130 valence electrons. The van der Waals surface area contributed by atoms with E-state index >= 15 is 0 Å². The van der Waals surface area contributed by atoms with Gasteiger partial charge >= 0.3 is 6.03 Å². The van der Waals surface area contributed by atoms with Gasteiger partial charge in [0.1, 0.15) is 0 Å². The van der Waals surface area contributed by atoms with Crippen LogP contribution >= 0.6 is 0 Å². The molecule has 0 aromatic heterocycles. The highest BCUT2D eigenvalue weighted by atomic mass is 16.2. The first-order chi connectivity index (χ1) is 11.7. The lowest BCUT2D eigenvalue weighted by Crippen LogP contribution is -2.45. The molecule has 1 aliphatic heterocycles. The highest BCUT2D eigenvalue weighted by molar-refractivity contribution is 5.74. The third-order valence-electron chi connectivity index (χ3n) is 4.17. The Labute approximate surface area is 144 Å². The zero-order valence-electron chi connectivity index (χ0n) is 14.4. The molecule has 1 aromatic rings. The van der Waals surface area contributed by atoms with Crippen molar-refractivity contribution in [2.24, 2.45) is 0 Å². The molecule has 2 N–H and O–H groups in total. The quantitative estimate of drug-likeness (QED) is 0.713. The van der Waals surface area contributed by atoms with Crippen molar-refractivity contribution in [1.82, 2.24) is 20.4 Å². The molecule has 24 heavy (non-hydrogen) atoms. The molecule has 0 radical (unpaired) electrons. The second kappa shape index (κ2) is 9.78. The zero-order valence-corrected chi connectivity index (χ0v) is 14.4. The van der Waals surface area contributed by atoms with Crippen LogP contribution in [0, 0.1) is 11.5 Å². The summed E-state index contributed by atoms with van der Waals surface area (Å²) in [6, 6.07) is 10.3. The maximum atomic E-state index is 11.9. The van der Waals surface area contributed by atoms with Crippen LogP contribution in [0.25, 0.3) is 0 Å². The fourth-order valence-corrected chi connectivity index (χ4v) is 2.96. The Balaban J connectivity index is 1.68. The lowest BCUT2D eigenvalue weighted by Gasteiger charge is -2.22. The molecule has 0 saturated carbocycles. The second-order valence-electron chi connectivity index (χ2n) is 6.19. The number of amides is 2. The fourth-order valence-electron chi connectivity index (χ4n) is 2.96. The van der Waals surface area contributed by atoms with Crippen molar-refractivity contribution in [2.75, 3.05) is 32.7 Å². The SMILES string of the molecule is CCCN(CCNC(=O)N[C@@H]1CCN(C#N)C1)Cc1ccccc1. The van der Waals surface area contributed by atoms with E-state index in [0.29, 0.717) is 13.1 Å². The third-order valence-corrected chi connectivity index (χ3v) is 4.17. The summed E-state index contributed by atoms with van der Waals surface area (Å²) in [7, 11) is 0. The van der Waals surface area contributed by atoms with Crippen molar-refractivity contribution < 1.29 is 4.79 Å². The van der Waals surface area contributed by atoms with Crippen molar-refractivity contribution in [3.8, 4) is 6.19 Å². The maximum Gasteiger partial charge on any atom is 0.315 e. The molecule has 1 saturated heterocycles. The molecule has 2 amide bonds. The molecule has 6 heteroatoms. The number of nitrogens with zero attached hydrogens (tertiary/aromatic N) is 3. The van der Waals surface area contributed by atoms with Gasteiger partial charge in [-0.2, -0.15) is 5.26 Å². The van der Waals surface area contributed by atoms with Gasteiger partial charge in [0, 0.05) is 32.7 Å². The number of carbonyl (C=O) groups excluding carboxylic acids is 1. The Kier molecular flexibility index (Phi) is 7.37. The molecular weight excluding hydrogens is 302 g/mol. The number of likely N-dealkylation sites (tertiary alicyclic amines) is 1. The standard InChI is InChI=1S/C18H27N5O/c1-2-10-22(13-16-6-4-3-5-7-16)12-9-20-18(24)21-17-8-11-23(14-17)15-19/h3-7,17H,2,8-14H2,1H3,(H2,20,21,24)/t17-/m1/s1. The number of nitrogens with one attached hydrogen (secondary N) is 2. The molecule has 0 bridgehead atoms. The van der Waals surface area contributed by atoms with Crippen molar-refractivity contribution >= 4 is 6.03 Å². The van der Waals surface area contributed by atoms with Crippen molar-refractivity contribution in [1.29, 1.82) is 5.26 Å². The van der Waals surface area contributed by atoms with Crippen LogP contribution in [0.1, 0.15) is 25.3 Å². The highest BCUT2D eigenvalue weighted by Gasteiger charge is 2.22. The van der Waals surface area contributed by atoms with Gasteiger partial charge < -0.3 is 15.5 Å². The smallest absolute Gasteiger partial charge is 0.315 e. The largest absolute Gasteiger partial charge is 0.337 e. The maximum absolute atomic E-state index is 11.9. The molecule has 0 spiro atoms. The number of urea groups is 1. The van der Waals surface area contributed by atoms with Crippen LogP contribution in [-0.4, -0.2) is 54.6 Å². The number of carbonyl (C=O) groups is 1. The molecule has 0 unspecified atom stereocenters. The molecule has 1 atom stereocenters. The van der Waals surface area contributed by atoms with Crippen molar-refractivity contribution in [3.63, 3.8) is 0 Å². The summed E-state index contributed by atoms with van der Waals surface area (Å²) in [6.07, 6.45) is 4.04. The topological polar surface area (TPSA) is 71.4 Å². The summed E-state index contributed by atoms with van der Waals surface area (Å²) < 4.78 is 0. The van der Waals surface area contributed by atoms with Crippen LogP contribution in [0.3, 0.4) is 0 Å². The van der Waals surface area contributed by atoms with Crippen LogP contribution in [0.2, 0.25) is 0 Å². The van der Waals surface area contributed by atoms with Gasteiger partial charge in [-0.3, -0.25) is 4.90 Å². The summed E-state index contributed by atoms with van der Waals surface area (Å²) in [6.45, 7) is 6.86. The monoisotopic (exact) mass is 329 g/mol. The van der Waals surface area contributed by atoms with E-state index in [1.807, 2.05) is 6.07 Å². The first-order valence-corrected chi connectivity index (χ1v) is 8.66. The predicted octanol–water partition coefficient (Wildman–Crippen LogP) is 1.75. The van der Waals surface area contributed by atoms with E-state index in [0.717, 1.165) is 39.0 Å². The molecule has 1 aliphatic rings. The highest BCUT2D eigenvalue weighted by Crippen LogP contribution is 2.07. The average molecular weight is 329 g/mol. The summed E-state index contributed by atoms with van der Waals surface area (Å²) in [5, 5.41) is 14.7. The lowest BCUT2D eigenvalue weighted by molar-refractivity contribution is 0.230. The van der Waals surface area contributed by atoms with Gasteiger partial charge in [-0.05, 0) is 24.9 Å². The van der Waals surface area contributed by atoms with Crippen LogP contribution < -0.4 is 10.6 Å².